The van der Waals surface area contributed by atoms with E-state index in [1.807, 2.05) is 0 Å². The summed E-state index contributed by atoms with van der Waals surface area (Å²) in [4.78, 5) is 17.9. The molecular weight excluding hydrogens is 176 g/mol. The van der Waals surface area contributed by atoms with Crippen molar-refractivity contribution in [2.24, 2.45) is 0 Å². The molecule has 0 aliphatic heterocycles. The number of rotatable bonds is 0. The molecule has 0 saturated heterocycles. The predicted molar refractivity (Wildman–Crippen MR) is 34.1 cm³/mol. The third kappa shape index (κ3) is 22.8. The van der Waals surface area contributed by atoms with Crippen LogP contribution >= 0.6 is 0 Å². The van der Waals surface area contributed by atoms with Crippen molar-refractivity contribution in [1.82, 2.24) is 0 Å². The van der Waals surface area contributed by atoms with E-state index in [2.05, 4.69) is 0 Å². The molecule has 0 saturated carbocycles. The summed E-state index contributed by atoms with van der Waals surface area (Å²) in [5.41, 5.74) is 0. The second kappa shape index (κ2) is 7.00. The van der Waals surface area contributed by atoms with Crippen molar-refractivity contribution in [3.63, 3.8) is 0 Å². The fraction of sp³-hybridized carbons (Fsp3) is 0.500. The van der Waals surface area contributed by atoms with Gasteiger partial charge in [0, 0.05) is 6.92 Å². The predicted octanol–water partition coefficient (Wildman–Crippen LogP) is 0.0757. The Morgan fingerprint density at radius 1 is 1.17 bits per heavy atom. The van der Waals surface area contributed by atoms with E-state index in [0.717, 1.165) is 6.92 Å². The molecule has 0 aromatic rings. The van der Waals surface area contributed by atoms with Gasteiger partial charge in [0.25, 0.3) is 5.97 Å². The van der Waals surface area contributed by atoms with E-state index in [-0.39, 0.29) is 18.9 Å². The molecule has 0 bridgehead atoms. The van der Waals surface area contributed by atoms with Crippen molar-refractivity contribution in [1.29, 1.82) is 0 Å². The first-order valence-electron chi connectivity index (χ1n) is 2.17. The number of carboxylic acids is 2. The SMILES string of the molecule is CC(=O)O.O=C(O)C(F)(F)F.[LiH]. The molecule has 0 aromatic heterocycles. The van der Waals surface area contributed by atoms with E-state index in [4.69, 9.17) is 19.8 Å². The molecule has 0 radical (unpaired) electrons. The number of carbonyl (C=O) groups is 2. The van der Waals surface area contributed by atoms with Crippen LogP contribution in [-0.2, 0) is 9.59 Å². The molecule has 0 aliphatic carbocycles. The number of alkyl halides is 3. The van der Waals surface area contributed by atoms with Gasteiger partial charge in [-0.1, -0.05) is 0 Å². The maximum atomic E-state index is 10.6. The van der Waals surface area contributed by atoms with Crippen LogP contribution in [0, 0.1) is 0 Å². The molecule has 0 atom stereocenters. The zero-order valence-corrected chi connectivity index (χ0v) is 5.34. The summed E-state index contributed by atoms with van der Waals surface area (Å²) in [6, 6.07) is 0. The van der Waals surface area contributed by atoms with E-state index >= 15 is 0 Å². The molecule has 4 nitrogen and oxygen atoms in total. The number of hydrogen-bond donors (Lipinski definition) is 2. The summed E-state index contributed by atoms with van der Waals surface area (Å²) in [5, 5.41) is 14.5. The second-order valence-electron chi connectivity index (χ2n) is 1.32. The van der Waals surface area contributed by atoms with Crippen molar-refractivity contribution in [3.05, 3.63) is 0 Å². The van der Waals surface area contributed by atoms with Gasteiger partial charge in [0.05, 0.1) is 0 Å². The van der Waals surface area contributed by atoms with Crippen LogP contribution < -0.4 is 0 Å². The van der Waals surface area contributed by atoms with Crippen molar-refractivity contribution < 1.29 is 33.0 Å². The van der Waals surface area contributed by atoms with Crippen LogP contribution in [0.4, 0.5) is 13.2 Å². The van der Waals surface area contributed by atoms with Gasteiger partial charge in [0.2, 0.25) is 0 Å². The molecule has 2 N–H and O–H groups in total. The van der Waals surface area contributed by atoms with Crippen LogP contribution in [0.1, 0.15) is 6.92 Å². The summed E-state index contributed by atoms with van der Waals surface area (Å²) < 4.78 is 31.7. The van der Waals surface area contributed by atoms with Gasteiger partial charge in [-0.2, -0.15) is 13.2 Å². The first kappa shape index (κ1) is 17.4. The van der Waals surface area contributed by atoms with E-state index < -0.39 is 18.1 Å². The fourth-order valence-electron chi connectivity index (χ4n) is 0. The molecule has 0 amide bonds. The first-order valence-corrected chi connectivity index (χ1v) is 2.17. The third-order valence-electron chi connectivity index (χ3n) is 0.243. The molecule has 0 unspecified atom stereocenters. The van der Waals surface area contributed by atoms with Crippen molar-refractivity contribution in [2.75, 3.05) is 0 Å². The molecule has 12 heavy (non-hydrogen) atoms. The second-order valence-corrected chi connectivity index (χ2v) is 1.32. The van der Waals surface area contributed by atoms with Crippen LogP contribution in [0.2, 0.25) is 0 Å². The number of halogens is 3. The van der Waals surface area contributed by atoms with Crippen LogP contribution in [0.25, 0.3) is 0 Å². The van der Waals surface area contributed by atoms with Crippen molar-refractivity contribution in [2.45, 2.75) is 13.1 Å². The number of hydrogen-bond acceptors (Lipinski definition) is 2. The van der Waals surface area contributed by atoms with E-state index in [0.29, 0.717) is 0 Å². The fourth-order valence-corrected chi connectivity index (χ4v) is 0. The summed E-state index contributed by atoms with van der Waals surface area (Å²) >= 11 is 0. The summed E-state index contributed by atoms with van der Waals surface area (Å²) in [5.74, 6) is -3.59. The standard InChI is InChI=1S/C2HF3O2.C2H4O2.Li.H/c3-2(4,5)1(6)7;1-2(3)4;;/h(H,6,7);1H3,(H,3,4);;. The minimum absolute atomic E-state index is 0. The van der Waals surface area contributed by atoms with Gasteiger partial charge in [0.15, 0.2) is 0 Å². The van der Waals surface area contributed by atoms with Crippen molar-refractivity contribution in [3.8, 4) is 0 Å². The van der Waals surface area contributed by atoms with Gasteiger partial charge in [-0.3, -0.25) is 4.79 Å². The Morgan fingerprint density at radius 2 is 1.25 bits per heavy atom. The summed E-state index contributed by atoms with van der Waals surface area (Å²) in [6.07, 6.45) is -5.08. The van der Waals surface area contributed by atoms with Crippen LogP contribution in [0.15, 0.2) is 0 Å². The normalized spacial score (nSPS) is 8.67. The molecule has 68 valence electrons. The molecule has 0 rings (SSSR count). The molecule has 8 heteroatoms. The van der Waals surface area contributed by atoms with Crippen LogP contribution in [-0.4, -0.2) is 47.2 Å². The van der Waals surface area contributed by atoms with Gasteiger partial charge in [-0.25, -0.2) is 4.79 Å². The molecule has 0 aliphatic rings. The van der Waals surface area contributed by atoms with Crippen LogP contribution in [0.5, 0.6) is 0 Å². The Balaban J connectivity index is -0.000000142. The Hall–Kier alpha value is -0.673. The average molecular weight is 182 g/mol. The number of carboxylic acid groups (broad SMARTS) is 2. The zero-order chi connectivity index (χ0) is 9.65. The quantitative estimate of drug-likeness (QED) is 0.520. The first-order chi connectivity index (χ1) is 4.68. The Morgan fingerprint density at radius 3 is 1.25 bits per heavy atom. The number of aliphatic carboxylic acids is 2. The average Bonchev–Trinajstić information content (AvgIpc) is 1.59. The minimum atomic E-state index is -5.08. The molecule has 0 fully saturated rings. The summed E-state index contributed by atoms with van der Waals surface area (Å²) in [7, 11) is 0. The molecule has 0 aromatic carbocycles. The van der Waals surface area contributed by atoms with E-state index in [1.165, 1.54) is 0 Å². The van der Waals surface area contributed by atoms with Gasteiger partial charge >= 0.3 is 31.0 Å². The van der Waals surface area contributed by atoms with E-state index in [9.17, 15) is 13.2 Å². The van der Waals surface area contributed by atoms with E-state index in [1.54, 1.807) is 0 Å². The monoisotopic (exact) mass is 182 g/mol. The summed E-state index contributed by atoms with van der Waals surface area (Å²) in [6.45, 7) is 1.08. The Kier molecular flexibility index (Phi) is 10.2. The van der Waals surface area contributed by atoms with Gasteiger partial charge in [0.1, 0.15) is 0 Å². The Labute approximate surface area is 77.5 Å². The molecular formula is C4H6F3LiO4. The van der Waals surface area contributed by atoms with Crippen LogP contribution in [0.3, 0.4) is 0 Å². The third-order valence-corrected chi connectivity index (χ3v) is 0.243. The molecule has 0 spiro atoms. The van der Waals surface area contributed by atoms with Gasteiger partial charge < -0.3 is 10.2 Å². The zero-order valence-electron chi connectivity index (χ0n) is 5.34. The topological polar surface area (TPSA) is 74.6 Å². The maximum absolute atomic E-state index is 10.6. The molecule has 0 heterocycles. The van der Waals surface area contributed by atoms with Gasteiger partial charge in [-0.05, 0) is 0 Å². The Bertz CT molecular complexity index is 151. The van der Waals surface area contributed by atoms with Gasteiger partial charge in [-0.15, -0.1) is 0 Å². The van der Waals surface area contributed by atoms with Crippen molar-refractivity contribution >= 4 is 30.8 Å².